The van der Waals surface area contributed by atoms with Gasteiger partial charge in [-0.1, -0.05) is 42.4 Å². The van der Waals surface area contributed by atoms with Crippen molar-refractivity contribution in [1.29, 1.82) is 0 Å². The van der Waals surface area contributed by atoms with Crippen LogP contribution in [0.1, 0.15) is 32.1 Å². The van der Waals surface area contributed by atoms with E-state index in [0.717, 1.165) is 37.4 Å². The molecule has 0 aromatic carbocycles. The molecule has 0 radical (unpaired) electrons. The number of nitrogens with one attached hydrogen (secondary N) is 2. The predicted molar refractivity (Wildman–Crippen MR) is 77.3 cm³/mol. The molecular weight excluding hydrogens is 300 g/mol. The Balaban J connectivity index is 1.77. The summed E-state index contributed by atoms with van der Waals surface area (Å²) >= 11 is 2.26. The lowest BCUT2D eigenvalue weighted by Crippen LogP contribution is -2.38. The molecule has 1 heterocycles. The van der Waals surface area contributed by atoms with E-state index in [2.05, 4.69) is 20.8 Å². The van der Waals surface area contributed by atoms with Crippen LogP contribution in [0.25, 0.3) is 0 Å². The molecule has 7 nitrogen and oxygen atoms in total. The Morgan fingerprint density at radius 1 is 1.30 bits per heavy atom. The molecular formula is C11H16N4O3S2. The number of hydrogen-bond donors (Lipinski definition) is 3. The van der Waals surface area contributed by atoms with Crippen LogP contribution < -0.4 is 10.6 Å². The number of anilines is 1. The third-order valence-corrected chi connectivity index (χ3v) is 4.84. The van der Waals surface area contributed by atoms with Gasteiger partial charge in [0.05, 0.1) is 5.75 Å². The van der Waals surface area contributed by atoms with Crippen LogP contribution >= 0.6 is 23.1 Å². The van der Waals surface area contributed by atoms with Crippen molar-refractivity contribution in [2.45, 2.75) is 42.5 Å². The van der Waals surface area contributed by atoms with Gasteiger partial charge in [-0.25, -0.2) is 4.79 Å². The van der Waals surface area contributed by atoms with Crippen molar-refractivity contribution in [3.05, 3.63) is 0 Å². The Morgan fingerprint density at radius 3 is 2.75 bits per heavy atom. The van der Waals surface area contributed by atoms with Crippen LogP contribution in [-0.2, 0) is 4.79 Å². The van der Waals surface area contributed by atoms with E-state index in [0.29, 0.717) is 9.47 Å². The van der Waals surface area contributed by atoms with Crippen LogP contribution in [0.3, 0.4) is 0 Å². The fourth-order valence-corrected chi connectivity index (χ4v) is 3.47. The van der Waals surface area contributed by atoms with Crippen LogP contribution in [0.5, 0.6) is 0 Å². The van der Waals surface area contributed by atoms with Gasteiger partial charge in [0.1, 0.15) is 0 Å². The van der Waals surface area contributed by atoms with E-state index in [1.807, 2.05) is 0 Å². The highest BCUT2D eigenvalue weighted by molar-refractivity contribution is 8.01. The number of carbonyl (C=O) groups is 2. The quantitative estimate of drug-likeness (QED) is 0.568. The number of carboxylic acids is 1. The highest BCUT2D eigenvalue weighted by atomic mass is 32.2. The fourth-order valence-electron chi connectivity index (χ4n) is 2.01. The average Bonchev–Trinajstić information content (AvgIpc) is 2.85. The molecule has 0 bridgehead atoms. The molecule has 1 aliphatic rings. The number of amides is 2. The zero-order valence-electron chi connectivity index (χ0n) is 10.8. The third kappa shape index (κ3) is 4.97. The van der Waals surface area contributed by atoms with Gasteiger partial charge < -0.3 is 10.4 Å². The SMILES string of the molecule is O=C(O)CSc1nnc(NC(=O)NC2CCCCC2)s1. The molecule has 1 saturated carbocycles. The van der Waals surface area contributed by atoms with Crippen LogP contribution in [-0.4, -0.2) is 39.1 Å². The first kappa shape index (κ1) is 15.0. The van der Waals surface area contributed by atoms with Gasteiger partial charge in [0.25, 0.3) is 0 Å². The predicted octanol–water partition coefficient (Wildman–Crippen LogP) is 2.17. The topological polar surface area (TPSA) is 104 Å². The summed E-state index contributed by atoms with van der Waals surface area (Å²) in [6.45, 7) is 0. The Hall–Kier alpha value is -1.35. The molecule has 0 atom stereocenters. The van der Waals surface area contributed by atoms with E-state index in [9.17, 15) is 9.59 Å². The number of urea groups is 1. The molecule has 110 valence electrons. The standard InChI is InChI=1S/C11H16N4O3S2/c16-8(17)6-19-11-15-14-10(20-11)13-9(18)12-7-4-2-1-3-5-7/h7H,1-6H2,(H,16,17)(H2,12,13,14,18). The van der Waals surface area contributed by atoms with Gasteiger partial charge in [-0.2, -0.15) is 0 Å². The van der Waals surface area contributed by atoms with Crippen molar-refractivity contribution in [2.24, 2.45) is 0 Å². The van der Waals surface area contributed by atoms with Gasteiger partial charge in [-0.15, -0.1) is 10.2 Å². The summed E-state index contributed by atoms with van der Waals surface area (Å²) in [6, 6.07) is -0.0413. The van der Waals surface area contributed by atoms with Gasteiger partial charge in [0, 0.05) is 6.04 Å². The summed E-state index contributed by atoms with van der Waals surface area (Å²) in [4.78, 5) is 22.2. The lowest BCUT2D eigenvalue weighted by Gasteiger charge is -2.22. The fraction of sp³-hybridized carbons (Fsp3) is 0.636. The highest BCUT2D eigenvalue weighted by Crippen LogP contribution is 2.25. The molecule has 0 unspecified atom stereocenters. The second kappa shape index (κ2) is 7.44. The number of thioether (sulfide) groups is 1. The Bertz CT molecular complexity index is 474. The molecule has 1 aromatic heterocycles. The number of aliphatic carboxylic acids is 1. The van der Waals surface area contributed by atoms with Gasteiger partial charge in [-0.05, 0) is 12.8 Å². The zero-order valence-corrected chi connectivity index (χ0v) is 12.4. The Morgan fingerprint density at radius 2 is 2.05 bits per heavy atom. The molecule has 20 heavy (non-hydrogen) atoms. The molecule has 3 N–H and O–H groups in total. The minimum absolute atomic E-state index is 0.0666. The number of carboxylic acid groups (broad SMARTS) is 1. The van der Waals surface area contributed by atoms with Crippen molar-refractivity contribution in [1.82, 2.24) is 15.5 Å². The van der Waals surface area contributed by atoms with Gasteiger partial charge in [0.15, 0.2) is 4.34 Å². The van der Waals surface area contributed by atoms with Crippen molar-refractivity contribution in [2.75, 3.05) is 11.1 Å². The van der Waals surface area contributed by atoms with E-state index in [-0.39, 0.29) is 17.8 Å². The first-order valence-corrected chi connectivity index (χ1v) is 8.19. The number of hydrogen-bond acceptors (Lipinski definition) is 6. The number of aromatic nitrogens is 2. The van der Waals surface area contributed by atoms with Crippen molar-refractivity contribution < 1.29 is 14.7 Å². The van der Waals surface area contributed by atoms with Crippen molar-refractivity contribution in [3.63, 3.8) is 0 Å². The van der Waals surface area contributed by atoms with E-state index in [1.165, 1.54) is 17.8 Å². The second-order valence-corrected chi connectivity index (χ2v) is 6.69. The Kier molecular flexibility index (Phi) is 5.60. The second-order valence-electron chi connectivity index (χ2n) is 4.49. The lowest BCUT2D eigenvalue weighted by molar-refractivity contribution is -0.133. The van der Waals surface area contributed by atoms with E-state index < -0.39 is 5.97 Å². The minimum Gasteiger partial charge on any atom is -0.481 e. The molecule has 0 saturated heterocycles. The van der Waals surface area contributed by atoms with E-state index >= 15 is 0 Å². The summed E-state index contributed by atoms with van der Waals surface area (Å²) < 4.78 is 0.528. The summed E-state index contributed by atoms with van der Waals surface area (Å²) in [7, 11) is 0. The first-order valence-electron chi connectivity index (χ1n) is 6.39. The number of carbonyl (C=O) groups excluding carboxylic acids is 1. The molecule has 9 heteroatoms. The van der Waals surface area contributed by atoms with E-state index in [1.54, 1.807) is 0 Å². The van der Waals surface area contributed by atoms with Gasteiger partial charge in [-0.3, -0.25) is 10.1 Å². The maximum absolute atomic E-state index is 11.8. The van der Waals surface area contributed by atoms with Gasteiger partial charge >= 0.3 is 12.0 Å². The molecule has 0 aliphatic heterocycles. The largest absolute Gasteiger partial charge is 0.481 e. The average molecular weight is 316 g/mol. The van der Waals surface area contributed by atoms with Crippen molar-refractivity contribution >= 4 is 40.2 Å². The highest BCUT2D eigenvalue weighted by Gasteiger charge is 2.16. The van der Waals surface area contributed by atoms with Crippen LogP contribution in [0.15, 0.2) is 4.34 Å². The minimum atomic E-state index is -0.908. The lowest BCUT2D eigenvalue weighted by atomic mass is 9.96. The van der Waals surface area contributed by atoms with Crippen LogP contribution in [0, 0.1) is 0 Å². The van der Waals surface area contributed by atoms with Crippen LogP contribution in [0.2, 0.25) is 0 Å². The maximum Gasteiger partial charge on any atom is 0.321 e. The summed E-state index contributed by atoms with van der Waals surface area (Å²) in [6.07, 6.45) is 5.58. The molecule has 1 aliphatic carbocycles. The maximum atomic E-state index is 11.8. The summed E-state index contributed by atoms with van der Waals surface area (Å²) in [5, 5.41) is 22.1. The number of rotatable bonds is 5. The normalized spacial score (nSPS) is 15.8. The smallest absolute Gasteiger partial charge is 0.321 e. The number of nitrogens with zero attached hydrogens (tertiary/aromatic N) is 2. The van der Waals surface area contributed by atoms with Gasteiger partial charge in [0.2, 0.25) is 5.13 Å². The summed E-state index contributed by atoms with van der Waals surface area (Å²) in [5.74, 6) is -0.974. The Labute approximate surface area is 124 Å². The summed E-state index contributed by atoms with van der Waals surface area (Å²) in [5.41, 5.74) is 0. The van der Waals surface area contributed by atoms with Crippen molar-refractivity contribution in [3.8, 4) is 0 Å². The molecule has 2 rings (SSSR count). The zero-order chi connectivity index (χ0) is 14.4. The molecule has 2 amide bonds. The third-order valence-electron chi connectivity index (χ3n) is 2.89. The van der Waals surface area contributed by atoms with E-state index in [4.69, 9.17) is 5.11 Å². The molecule has 0 spiro atoms. The van der Waals surface area contributed by atoms with Crippen LogP contribution in [0.4, 0.5) is 9.93 Å². The first-order chi connectivity index (χ1) is 9.63. The molecule has 1 fully saturated rings. The molecule has 1 aromatic rings. The monoisotopic (exact) mass is 316 g/mol.